The Morgan fingerprint density at radius 3 is 2.43 bits per heavy atom. The number of anilines is 1. The summed E-state index contributed by atoms with van der Waals surface area (Å²) in [7, 11) is -3.63. The minimum atomic E-state index is -3.63. The van der Waals surface area contributed by atoms with Crippen molar-refractivity contribution in [3.05, 3.63) is 58.1 Å². The summed E-state index contributed by atoms with van der Waals surface area (Å²) in [4.78, 5) is 24.8. The number of carbonyl (C=O) groups excluding carboxylic acids is 2. The molecule has 0 atom stereocenters. The summed E-state index contributed by atoms with van der Waals surface area (Å²) in [6, 6.07) is 8.99. The molecule has 160 valence electrons. The zero-order valence-corrected chi connectivity index (χ0v) is 18.3. The van der Waals surface area contributed by atoms with Crippen LogP contribution in [0.5, 0.6) is 0 Å². The van der Waals surface area contributed by atoms with Crippen molar-refractivity contribution in [1.82, 2.24) is 4.31 Å². The van der Waals surface area contributed by atoms with E-state index in [0.717, 1.165) is 12.8 Å². The fourth-order valence-corrected chi connectivity index (χ4v) is 5.05. The van der Waals surface area contributed by atoms with Crippen LogP contribution < -0.4 is 5.32 Å². The van der Waals surface area contributed by atoms with Gasteiger partial charge in [0.05, 0.1) is 22.1 Å². The lowest BCUT2D eigenvalue weighted by atomic mass is 10.1. The highest BCUT2D eigenvalue weighted by molar-refractivity contribution is 7.89. The number of nitrogens with one attached hydrogen (secondary N) is 1. The van der Waals surface area contributed by atoms with Gasteiger partial charge in [0.15, 0.2) is 0 Å². The Kier molecular flexibility index (Phi) is 6.80. The summed E-state index contributed by atoms with van der Waals surface area (Å²) < 4.78 is 32.0. The van der Waals surface area contributed by atoms with Crippen molar-refractivity contribution in [1.29, 1.82) is 0 Å². The van der Waals surface area contributed by atoms with Crippen LogP contribution in [0.2, 0.25) is 5.02 Å². The number of hydrogen-bond acceptors (Lipinski definition) is 5. The lowest BCUT2D eigenvalue weighted by molar-refractivity contribution is 0.0526. The van der Waals surface area contributed by atoms with Gasteiger partial charge < -0.3 is 10.1 Å². The SMILES string of the molecule is CCOC(=O)c1ccc(NC(=O)c2cc(S(=O)(=O)N3CCCC3)ccc2C)cc1Cl. The number of esters is 1. The van der Waals surface area contributed by atoms with Gasteiger partial charge in [-0.05, 0) is 62.6 Å². The van der Waals surface area contributed by atoms with Crippen LogP contribution in [0.25, 0.3) is 0 Å². The maximum absolute atomic E-state index is 12.8. The summed E-state index contributed by atoms with van der Waals surface area (Å²) >= 11 is 6.14. The highest BCUT2D eigenvalue weighted by atomic mass is 35.5. The van der Waals surface area contributed by atoms with Crippen LogP contribution in [0.15, 0.2) is 41.3 Å². The number of hydrogen-bond donors (Lipinski definition) is 1. The minimum absolute atomic E-state index is 0.0934. The van der Waals surface area contributed by atoms with Crippen LogP contribution in [0.4, 0.5) is 5.69 Å². The summed E-state index contributed by atoms with van der Waals surface area (Å²) in [6.07, 6.45) is 1.67. The molecule has 9 heteroatoms. The lowest BCUT2D eigenvalue weighted by Crippen LogP contribution is -2.28. The topological polar surface area (TPSA) is 92.8 Å². The molecule has 1 amide bonds. The van der Waals surface area contributed by atoms with Crippen molar-refractivity contribution >= 4 is 39.2 Å². The van der Waals surface area contributed by atoms with E-state index in [1.165, 1.54) is 34.6 Å². The van der Waals surface area contributed by atoms with Crippen LogP contribution in [-0.2, 0) is 14.8 Å². The zero-order chi connectivity index (χ0) is 21.9. The van der Waals surface area contributed by atoms with Gasteiger partial charge in [0.1, 0.15) is 0 Å². The van der Waals surface area contributed by atoms with Crippen molar-refractivity contribution in [2.45, 2.75) is 31.6 Å². The first-order valence-electron chi connectivity index (χ1n) is 9.63. The van der Waals surface area contributed by atoms with Crippen LogP contribution >= 0.6 is 11.6 Å². The second-order valence-electron chi connectivity index (χ2n) is 6.96. The Morgan fingerprint density at radius 2 is 1.80 bits per heavy atom. The molecule has 0 aliphatic carbocycles. The number of sulfonamides is 1. The predicted octanol–water partition coefficient (Wildman–Crippen LogP) is 3.86. The van der Waals surface area contributed by atoms with Crippen LogP contribution in [-0.4, -0.2) is 44.3 Å². The largest absolute Gasteiger partial charge is 0.462 e. The summed E-state index contributed by atoms with van der Waals surface area (Å²) in [5.74, 6) is -1.01. The molecule has 2 aromatic rings. The lowest BCUT2D eigenvalue weighted by Gasteiger charge is -2.17. The Morgan fingerprint density at radius 1 is 1.10 bits per heavy atom. The highest BCUT2D eigenvalue weighted by Gasteiger charge is 2.28. The van der Waals surface area contributed by atoms with E-state index in [9.17, 15) is 18.0 Å². The zero-order valence-electron chi connectivity index (χ0n) is 16.8. The monoisotopic (exact) mass is 450 g/mol. The van der Waals surface area contributed by atoms with Gasteiger partial charge in [-0.3, -0.25) is 4.79 Å². The number of halogens is 1. The third-order valence-corrected chi connectivity index (χ3v) is 7.09. The smallest absolute Gasteiger partial charge is 0.339 e. The van der Waals surface area contributed by atoms with Crippen molar-refractivity contribution in [2.24, 2.45) is 0 Å². The van der Waals surface area contributed by atoms with E-state index in [2.05, 4.69) is 5.32 Å². The molecular weight excluding hydrogens is 428 g/mol. The second-order valence-corrected chi connectivity index (χ2v) is 9.30. The number of carbonyl (C=O) groups is 2. The predicted molar refractivity (Wildman–Crippen MR) is 115 cm³/mol. The van der Waals surface area contributed by atoms with E-state index in [1.54, 1.807) is 19.9 Å². The quantitative estimate of drug-likeness (QED) is 0.674. The molecule has 0 spiro atoms. The van der Waals surface area contributed by atoms with Gasteiger partial charge in [-0.1, -0.05) is 17.7 Å². The Labute approximate surface area is 181 Å². The van der Waals surface area contributed by atoms with Crippen LogP contribution in [0.1, 0.15) is 46.0 Å². The number of rotatable bonds is 6. The van der Waals surface area contributed by atoms with E-state index in [0.29, 0.717) is 24.3 Å². The van der Waals surface area contributed by atoms with Gasteiger partial charge in [0.2, 0.25) is 10.0 Å². The van der Waals surface area contributed by atoms with Crippen molar-refractivity contribution in [2.75, 3.05) is 25.0 Å². The Bertz CT molecular complexity index is 1080. The third-order valence-electron chi connectivity index (χ3n) is 4.88. The Hall–Kier alpha value is -2.42. The van der Waals surface area contributed by atoms with E-state index < -0.39 is 21.9 Å². The first-order chi connectivity index (χ1) is 14.2. The van der Waals surface area contributed by atoms with E-state index in [1.807, 2.05) is 0 Å². The first kappa shape index (κ1) is 22.3. The number of amides is 1. The molecule has 0 radical (unpaired) electrons. The molecule has 1 fully saturated rings. The first-order valence-corrected chi connectivity index (χ1v) is 11.4. The standard InChI is InChI=1S/C21H23ClN2O5S/c1-3-29-21(26)17-9-7-15(12-19(17)22)23-20(25)18-13-16(8-6-14(18)2)30(27,28)24-10-4-5-11-24/h6-9,12-13H,3-5,10-11H2,1-2H3,(H,23,25). The fraction of sp³-hybridized carbons (Fsp3) is 0.333. The average molecular weight is 451 g/mol. The summed E-state index contributed by atoms with van der Waals surface area (Å²) in [5, 5.41) is 2.85. The maximum atomic E-state index is 12.8. The molecule has 1 heterocycles. The van der Waals surface area contributed by atoms with Crippen molar-refractivity contribution < 1.29 is 22.7 Å². The molecule has 7 nitrogen and oxygen atoms in total. The van der Waals surface area contributed by atoms with Gasteiger partial charge in [0, 0.05) is 24.3 Å². The molecule has 1 saturated heterocycles. The van der Waals surface area contributed by atoms with Crippen LogP contribution in [0.3, 0.4) is 0 Å². The molecule has 30 heavy (non-hydrogen) atoms. The molecule has 3 rings (SSSR count). The van der Waals surface area contributed by atoms with Gasteiger partial charge in [-0.25, -0.2) is 13.2 Å². The molecule has 0 bridgehead atoms. The van der Waals surface area contributed by atoms with E-state index in [-0.39, 0.29) is 27.7 Å². The summed E-state index contributed by atoms with van der Waals surface area (Å²) in [5.41, 5.74) is 1.47. The molecule has 1 aliphatic heterocycles. The van der Waals surface area contributed by atoms with Gasteiger partial charge >= 0.3 is 5.97 Å². The average Bonchev–Trinajstić information content (AvgIpc) is 3.24. The maximum Gasteiger partial charge on any atom is 0.339 e. The fourth-order valence-electron chi connectivity index (χ4n) is 3.25. The Balaban J connectivity index is 1.83. The van der Waals surface area contributed by atoms with E-state index in [4.69, 9.17) is 16.3 Å². The normalized spacial score (nSPS) is 14.5. The number of ether oxygens (including phenoxy) is 1. The van der Waals surface area contributed by atoms with E-state index >= 15 is 0 Å². The van der Waals surface area contributed by atoms with Gasteiger partial charge in [-0.15, -0.1) is 0 Å². The highest BCUT2D eigenvalue weighted by Crippen LogP contribution is 2.25. The van der Waals surface area contributed by atoms with Gasteiger partial charge in [0.25, 0.3) is 5.91 Å². The number of nitrogens with zero attached hydrogens (tertiary/aromatic N) is 1. The molecule has 1 aliphatic rings. The number of aryl methyl sites for hydroxylation is 1. The van der Waals surface area contributed by atoms with Gasteiger partial charge in [-0.2, -0.15) is 4.31 Å². The summed E-state index contributed by atoms with van der Waals surface area (Å²) in [6.45, 7) is 4.63. The molecule has 0 saturated carbocycles. The van der Waals surface area contributed by atoms with Crippen molar-refractivity contribution in [3.8, 4) is 0 Å². The van der Waals surface area contributed by atoms with Crippen molar-refractivity contribution in [3.63, 3.8) is 0 Å². The minimum Gasteiger partial charge on any atom is -0.462 e. The molecule has 0 unspecified atom stereocenters. The molecule has 2 aromatic carbocycles. The third kappa shape index (κ3) is 4.66. The molecule has 0 aromatic heterocycles. The second kappa shape index (κ2) is 9.16. The van der Waals surface area contributed by atoms with Crippen LogP contribution in [0, 0.1) is 6.92 Å². The number of benzene rings is 2. The molecular formula is C21H23ClN2O5S. The molecule has 1 N–H and O–H groups in total.